The maximum Gasteiger partial charge on any atom is 0.229 e. The topological polar surface area (TPSA) is 56.1 Å². The number of amides is 1. The van der Waals surface area contributed by atoms with Crippen molar-refractivity contribution in [1.82, 2.24) is 4.90 Å². The smallest absolute Gasteiger partial charge is 0.229 e. The van der Waals surface area contributed by atoms with Crippen molar-refractivity contribution < 1.29 is 4.79 Å². The summed E-state index contributed by atoms with van der Waals surface area (Å²) in [4.78, 5) is 16.0. The Morgan fingerprint density at radius 3 is 2.43 bits per heavy atom. The first-order valence-electron chi connectivity index (χ1n) is 9.37. The summed E-state index contributed by atoms with van der Waals surface area (Å²) in [5, 5.41) is 13.3. The van der Waals surface area contributed by atoms with Gasteiger partial charge in [0.05, 0.1) is 12.0 Å². The minimum absolute atomic E-state index is 0.0811. The van der Waals surface area contributed by atoms with Crippen LogP contribution in [0.15, 0.2) is 60.7 Å². The highest BCUT2D eigenvalue weighted by Gasteiger charge is 2.25. The van der Waals surface area contributed by atoms with Crippen LogP contribution < -0.4 is 5.32 Å². The first-order chi connectivity index (χ1) is 13.7. The molecule has 1 N–H and O–H groups in total. The van der Waals surface area contributed by atoms with Gasteiger partial charge in [0.15, 0.2) is 0 Å². The fourth-order valence-electron chi connectivity index (χ4n) is 3.59. The molecule has 1 amide bonds. The average Bonchev–Trinajstić information content (AvgIpc) is 3.05. The first kappa shape index (κ1) is 18.4. The lowest BCUT2D eigenvalue weighted by Crippen LogP contribution is -2.29. The standard InChI is InChI=1S/C23H21N3OS/c24-14-20-19-11-12-26(15-18-9-5-2-6-10-18)16-21(19)28-23(20)25-22(27)13-17-7-3-1-4-8-17/h1-10H,11-13,15-16H2,(H,25,27). The molecule has 5 heteroatoms. The third-order valence-corrected chi connectivity index (χ3v) is 6.09. The Bertz CT molecular complexity index is 1010. The van der Waals surface area contributed by atoms with Crippen molar-refractivity contribution in [3.63, 3.8) is 0 Å². The van der Waals surface area contributed by atoms with Gasteiger partial charge in [0.2, 0.25) is 5.91 Å². The van der Waals surface area contributed by atoms with Crippen molar-refractivity contribution in [2.45, 2.75) is 25.9 Å². The first-order valence-corrected chi connectivity index (χ1v) is 10.2. The highest BCUT2D eigenvalue weighted by Crippen LogP contribution is 2.37. The van der Waals surface area contributed by atoms with Crippen molar-refractivity contribution in [1.29, 1.82) is 5.26 Å². The molecular formula is C23H21N3OS. The van der Waals surface area contributed by atoms with E-state index in [0.717, 1.165) is 37.2 Å². The summed E-state index contributed by atoms with van der Waals surface area (Å²) in [7, 11) is 0. The Labute approximate surface area is 169 Å². The van der Waals surface area contributed by atoms with Crippen LogP contribution in [-0.4, -0.2) is 17.4 Å². The van der Waals surface area contributed by atoms with Gasteiger partial charge in [-0.05, 0) is 23.1 Å². The number of nitrogens with one attached hydrogen (secondary N) is 1. The van der Waals surface area contributed by atoms with Crippen LogP contribution in [0.1, 0.15) is 27.1 Å². The maximum atomic E-state index is 12.4. The number of fused-ring (bicyclic) bond motifs is 1. The predicted octanol–water partition coefficient (Wildman–Crippen LogP) is 4.36. The van der Waals surface area contributed by atoms with Crippen molar-refractivity contribution in [2.75, 3.05) is 11.9 Å². The highest BCUT2D eigenvalue weighted by molar-refractivity contribution is 7.16. The number of carbonyl (C=O) groups excluding carboxylic acids is 1. The molecule has 4 nitrogen and oxygen atoms in total. The Morgan fingerprint density at radius 1 is 1.07 bits per heavy atom. The summed E-state index contributed by atoms with van der Waals surface area (Å²) in [5.74, 6) is -0.0811. The molecule has 1 aliphatic rings. The lowest BCUT2D eigenvalue weighted by Gasteiger charge is -2.26. The lowest BCUT2D eigenvalue weighted by atomic mass is 10.0. The van der Waals surface area contributed by atoms with E-state index in [1.165, 1.54) is 10.4 Å². The number of thiophene rings is 1. The van der Waals surface area contributed by atoms with Crippen LogP contribution in [0.4, 0.5) is 5.00 Å². The van der Waals surface area contributed by atoms with Crippen molar-refractivity contribution in [3.8, 4) is 6.07 Å². The molecule has 0 aliphatic carbocycles. The molecule has 2 aromatic carbocycles. The zero-order chi connectivity index (χ0) is 19.3. The van der Waals surface area contributed by atoms with Crippen molar-refractivity contribution in [3.05, 3.63) is 87.8 Å². The summed E-state index contributed by atoms with van der Waals surface area (Å²) in [6, 6.07) is 22.4. The van der Waals surface area contributed by atoms with Gasteiger partial charge in [-0.15, -0.1) is 11.3 Å². The van der Waals surface area contributed by atoms with E-state index in [4.69, 9.17) is 0 Å². The van der Waals surface area contributed by atoms with E-state index in [2.05, 4.69) is 40.6 Å². The minimum Gasteiger partial charge on any atom is -0.316 e. The molecule has 3 aromatic rings. The Balaban J connectivity index is 1.47. The van der Waals surface area contributed by atoms with Crippen LogP contribution >= 0.6 is 11.3 Å². The quantitative estimate of drug-likeness (QED) is 0.708. The molecule has 2 heterocycles. The van der Waals surface area contributed by atoms with Crippen LogP contribution in [0.3, 0.4) is 0 Å². The van der Waals surface area contributed by atoms with Gasteiger partial charge in [-0.3, -0.25) is 9.69 Å². The number of hydrogen-bond donors (Lipinski definition) is 1. The number of hydrogen-bond acceptors (Lipinski definition) is 4. The van der Waals surface area contributed by atoms with Crippen LogP contribution in [-0.2, 0) is 30.7 Å². The Kier molecular flexibility index (Phi) is 5.52. The van der Waals surface area contributed by atoms with E-state index in [9.17, 15) is 10.1 Å². The van der Waals surface area contributed by atoms with Gasteiger partial charge >= 0.3 is 0 Å². The zero-order valence-electron chi connectivity index (χ0n) is 15.5. The zero-order valence-corrected chi connectivity index (χ0v) is 16.3. The maximum absolute atomic E-state index is 12.4. The summed E-state index contributed by atoms with van der Waals surface area (Å²) < 4.78 is 0. The monoisotopic (exact) mass is 387 g/mol. The lowest BCUT2D eigenvalue weighted by molar-refractivity contribution is -0.115. The van der Waals surface area contributed by atoms with Crippen molar-refractivity contribution in [2.24, 2.45) is 0 Å². The van der Waals surface area contributed by atoms with Crippen LogP contribution in [0.25, 0.3) is 0 Å². The van der Waals surface area contributed by atoms with Crippen molar-refractivity contribution >= 4 is 22.2 Å². The minimum atomic E-state index is -0.0811. The number of nitriles is 1. The van der Waals surface area contributed by atoms with Gasteiger partial charge < -0.3 is 5.32 Å². The molecule has 140 valence electrons. The number of benzene rings is 2. The van der Waals surface area contributed by atoms with Gasteiger partial charge in [-0.1, -0.05) is 60.7 Å². The molecule has 0 fully saturated rings. The van der Waals surface area contributed by atoms with Gasteiger partial charge in [0, 0.05) is 24.5 Å². The summed E-state index contributed by atoms with van der Waals surface area (Å²) >= 11 is 1.54. The van der Waals surface area contributed by atoms with E-state index in [1.54, 1.807) is 11.3 Å². The second-order valence-electron chi connectivity index (χ2n) is 6.98. The normalized spacial score (nSPS) is 13.5. The number of anilines is 1. The van der Waals surface area contributed by atoms with E-state index in [0.29, 0.717) is 17.0 Å². The fourth-order valence-corrected chi connectivity index (χ4v) is 4.85. The Morgan fingerprint density at radius 2 is 1.75 bits per heavy atom. The summed E-state index contributed by atoms with van der Waals surface area (Å²) in [6.45, 7) is 2.64. The fraction of sp³-hybridized carbons (Fsp3) is 0.217. The molecule has 0 atom stereocenters. The number of carbonyl (C=O) groups is 1. The largest absolute Gasteiger partial charge is 0.316 e. The van der Waals surface area contributed by atoms with E-state index in [1.807, 2.05) is 36.4 Å². The van der Waals surface area contributed by atoms with Gasteiger partial charge in [0.1, 0.15) is 11.1 Å². The molecule has 0 saturated heterocycles. The molecule has 0 bridgehead atoms. The van der Waals surface area contributed by atoms with Crippen LogP contribution in [0, 0.1) is 11.3 Å². The second-order valence-corrected chi connectivity index (χ2v) is 8.08. The Hall–Kier alpha value is -2.94. The molecule has 1 aromatic heterocycles. The van der Waals surface area contributed by atoms with E-state index in [-0.39, 0.29) is 5.91 Å². The summed E-state index contributed by atoms with van der Waals surface area (Å²) in [5.41, 5.74) is 4.00. The van der Waals surface area contributed by atoms with Crippen LogP contribution in [0.2, 0.25) is 0 Å². The predicted molar refractivity (Wildman–Crippen MR) is 112 cm³/mol. The SMILES string of the molecule is N#Cc1c(NC(=O)Cc2ccccc2)sc2c1CCN(Cc1ccccc1)C2. The molecule has 0 radical (unpaired) electrons. The van der Waals surface area contributed by atoms with Gasteiger partial charge in [-0.2, -0.15) is 5.26 Å². The van der Waals surface area contributed by atoms with Gasteiger partial charge in [-0.25, -0.2) is 0 Å². The third kappa shape index (κ3) is 4.14. The average molecular weight is 388 g/mol. The third-order valence-electron chi connectivity index (χ3n) is 4.96. The number of rotatable bonds is 5. The molecular weight excluding hydrogens is 366 g/mol. The van der Waals surface area contributed by atoms with Crippen LogP contribution in [0.5, 0.6) is 0 Å². The van der Waals surface area contributed by atoms with Gasteiger partial charge in [0.25, 0.3) is 0 Å². The van der Waals surface area contributed by atoms with E-state index >= 15 is 0 Å². The highest BCUT2D eigenvalue weighted by atomic mass is 32.1. The molecule has 0 spiro atoms. The molecule has 0 unspecified atom stereocenters. The number of nitrogens with zero attached hydrogens (tertiary/aromatic N) is 2. The molecule has 28 heavy (non-hydrogen) atoms. The molecule has 4 rings (SSSR count). The van der Waals surface area contributed by atoms with E-state index < -0.39 is 0 Å². The summed E-state index contributed by atoms with van der Waals surface area (Å²) in [6.07, 6.45) is 1.16. The second kappa shape index (κ2) is 8.39. The molecule has 0 saturated carbocycles. The molecule has 1 aliphatic heterocycles.